The zero-order valence-corrected chi connectivity index (χ0v) is 18.7. The summed E-state index contributed by atoms with van der Waals surface area (Å²) in [7, 11) is 0. The molecule has 0 radical (unpaired) electrons. The highest BCUT2D eigenvalue weighted by Gasteiger charge is 2.40. The van der Waals surface area contributed by atoms with Gasteiger partial charge < -0.3 is 4.74 Å². The Bertz CT molecular complexity index is 928. The summed E-state index contributed by atoms with van der Waals surface area (Å²) < 4.78 is 7.55. The van der Waals surface area contributed by atoms with E-state index in [9.17, 15) is 4.79 Å². The van der Waals surface area contributed by atoms with Gasteiger partial charge in [0.05, 0.1) is 12.2 Å². The molecular formula is C23H22Br2O2. The number of hydrogen-bond donors (Lipinski definition) is 0. The Morgan fingerprint density at radius 1 is 1.15 bits per heavy atom. The van der Waals surface area contributed by atoms with Crippen molar-refractivity contribution in [3.05, 3.63) is 67.1 Å². The summed E-state index contributed by atoms with van der Waals surface area (Å²) in [6, 6.07) is 9.83. The van der Waals surface area contributed by atoms with Crippen molar-refractivity contribution in [3.8, 4) is 0 Å². The van der Waals surface area contributed by atoms with Crippen LogP contribution in [-0.2, 0) is 4.74 Å². The molecule has 2 aromatic carbocycles. The Morgan fingerprint density at radius 2 is 1.81 bits per heavy atom. The third kappa shape index (κ3) is 3.42. The number of carbonyl (C=O) groups excluding carboxylic acids is 1. The highest BCUT2D eigenvalue weighted by molar-refractivity contribution is 9.11. The molecule has 140 valence electrons. The molecule has 4 rings (SSSR count). The first kappa shape index (κ1) is 18.9. The fourth-order valence-corrected chi connectivity index (χ4v) is 6.26. The topological polar surface area (TPSA) is 26.3 Å². The molecule has 0 aromatic heterocycles. The van der Waals surface area contributed by atoms with Crippen LogP contribution >= 0.6 is 31.9 Å². The number of ether oxygens (including phenoxy) is 1. The minimum absolute atomic E-state index is 0.273. The number of allylic oxidation sites excluding steroid dienone is 1. The Hall–Kier alpha value is -1.39. The van der Waals surface area contributed by atoms with Gasteiger partial charge in [0.2, 0.25) is 0 Å². The van der Waals surface area contributed by atoms with Crippen LogP contribution in [0.25, 0.3) is 11.6 Å². The third-order valence-corrected chi connectivity index (χ3v) is 7.28. The van der Waals surface area contributed by atoms with E-state index in [0.29, 0.717) is 18.1 Å². The molecule has 4 heteroatoms. The van der Waals surface area contributed by atoms with Crippen molar-refractivity contribution in [2.45, 2.75) is 44.9 Å². The van der Waals surface area contributed by atoms with E-state index in [1.165, 1.54) is 50.5 Å². The van der Waals surface area contributed by atoms with Crippen molar-refractivity contribution < 1.29 is 9.53 Å². The summed E-state index contributed by atoms with van der Waals surface area (Å²) in [4.78, 5) is 11.8. The van der Waals surface area contributed by atoms with Gasteiger partial charge in [0.25, 0.3) is 0 Å². The molecule has 0 spiro atoms. The Labute approximate surface area is 177 Å². The van der Waals surface area contributed by atoms with Gasteiger partial charge >= 0.3 is 5.97 Å². The average Bonchev–Trinajstić information content (AvgIpc) is 3.27. The van der Waals surface area contributed by atoms with Gasteiger partial charge in [0.1, 0.15) is 0 Å². The third-order valence-electron chi connectivity index (χ3n) is 5.77. The normalized spacial score (nSPS) is 20.7. The number of halogens is 2. The van der Waals surface area contributed by atoms with Crippen LogP contribution < -0.4 is 0 Å². The maximum absolute atomic E-state index is 11.8. The van der Waals surface area contributed by atoms with E-state index in [4.69, 9.17) is 4.74 Å². The van der Waals surface area contributed by atoms with Crippen molar-refractivity contribution in [2.24, 2.45) is 0 Å². The lowest BCUT2D eigenvalue weighted by Gasteiger charge is -2.21. The van der Waals surface area contributed by atoms with Crippen molar-refractivity contribution in [1.29, 1.82) is 0 Å². The fourth-order valence-electron chi connectivity index (χ4n) is 4.52. The molecule has 2 atom stereocenters. The molecule has 0 N–H and O–H groups in total. The van der Waals surface area contributed by atoms with E-state index in [1.54, 1.807) is 0 Å². The van der Waals surface area contributed by atoms with Crippen LogP contribution in [0.1, 0.15) is 77.6 Å². The van der Waals surface area contributed by atoms with E-state index in [0.717, 1.165) is 11.5 Å². The first-order valence-electron chi connectivity index (χ1n) is 9.47. The SMILES string of the molecule is CCOC(=O)c1ccc(C=C(C)c2cc(Br)c3c(c2Br)[C@@H]2CC[C@H]3C2)cc1. The number of carbonyl (C=O) groups is 1. The number of benzene rings is 2. The highest BCUT2D eigenvalue weighted by Crippen LogP contribution is 2.58. The van der Waals surface area contributed by atoms with Gasteiger partial charge in [-0.3, -0.25) is 0 Å². The molecule has 2 bridgehead atoms. The lowest BCUT2D eigenvalue weighted by atomic mass is 9.89. The molecule has 0 unspecified atom stereocenters. The Balaban J connectivity index is 1.65. The molecule has 1 fully saturated rings. The molecule has 2 nitrogen and oxygen atoms in total. The monoisotopic (exact) mass is 488 g/mol. The second-order valence-corrected chi connectivity index (χ2v) is 9.07. The van der Waals surface area contributed by atoms with Crippen LogP contribution in [-0.4, -0.2) is 12.6 Å². The van der Waals surface area contributed by atoms with Gasteiger partial charge in [-0.25, -0.2) is 4.79 Å². The van der Waals surface area contributed by atoms with Crippen molar-refractivity contribution >= 4 is 49.5 Å². The van der Waals surface area contributed by atoms with Gasteiger partial charge in [-0.15, -0.1) is 0 Å². The zero-order valence-electron chi connectivity index (χ0n) is 15.5. The summed E-state index contributed by atoms with van der Waals surface area (Å²) in [6.45, 7) is 4.35. The van der Waals surface area contributed by atoms with Crippen LogP contribution in [0.3, 0.4) is 0 Å². The van der Waals surface area contributed by atoms with Crippen LogP contribution in [0.2, 0.25) is 0 Å². The molecule has 0 heterocycles. The van der Waals surface area contributed by atoms with Gasteiger partial charge in [0.15, 0.2) is 0 Å². The van der Waals surface area contributed by atoms with E-state index >= 15 is 0 Å². The smallest absolute Gasteiger partial charge is 0.338 e. The number of esters is 1. The summed E-state index contributed by atoms with van der Waals surface area (Å²) >= 11 is 7.74. The molecule has 2 aliphatic carbocycles. The Morgan fingerprint density at radius 3 is 2.48 bits per heavy atom. The zero-order chi connectivity index (χ0) is 19.1. The van der Waals surface area contributed by atoms with Crippen LogP contribution in [0, 0.1) is 0 Å². The molecule has 2 aliphatic rings. The van der Waals surface area contributed by atoms with Gasteiger partial charge in [-0.05, 0) is 107 Å². The molecule has 27 heavy (non-hydrogen) atoms. The lowest BCUT2D eigenvalue weighted by molar-refractivity contribution is 0.0526. The van der Waals surface area contributed by atoms with E-state index in [2.05, 4.69) is 50.9 Å². The molecule has 0 amide bonds. The average molecular weight is 490 g/mol. The summed E-state index contributed by atoms with van der Waals surface area (Å²) in [5.74, 6) is 1.15. The first-order chi connectivity index (χ1) is 13.0. The van der Waals surface area contributed by atoms with Crippen molar-refractivity contribution in [1.82, 2.24) is 0 Å². The minimum atomic E-state index is -0.273. The first-order valence-corrected chi connectivity index (χ1v) is 11.1. The maximum Gasteiger partial charge on any atom is 0.338 e. The predicted molar refractivity (Wildman–Crippen MR) is 117 cm³/mol. The molecule has 1 saturated carbocycles. The molecule has 0 saturated heterocycles. The molecular weight excluding hydrogens is 468 g/mol. The van der Waals surface area contributed by atoms with Gasteiger partial charge in [-0.1, -0.05) is 34.1 Å². The van der Waals surface area contributed by atoms with Crippen molar-refractivity contribution in [3.63, 3.8) is 0 Å². The number of fused-ring (bicyclic) bond motifs is 5. The van der Waals surface area contributed by atoms with Crippen LogP contribution in [0.15, 0.2) is 39.3 Å². The van der Waals surface area contributed by atoms with E-state index < -0.39 is 0 Å². The maximum atomic E-state index is 11.8. The summed E-state index contributed by atoms with van der Waals surface area (Å²) in [5, 5.41) is 0. The summed E-state index contributed by atoms with van der Waals surface area (Å²) in [5.41, 5.74) is 7.14. The van der Waals surface area contributed by atoms with E-state index in [1.807, 2.05) is 31.2 Å². The quantitative estimate of drug-likeness (QED) is 0.332. The number of hydrogen-bond acceptors (Lipinski definition) is 2. The second kappa shape index (κ2) is 7.56. The van der Waals surface area contributed by atoms with Crippen LogP contribution in [0.5, 0.6) is 0 Å². The van der Waals surface area contributed by atoms with Gasteiger partial charge in [0, 0.05) is 8.95 Å². The van der Waals surface area contributed by atoms with Crippen LogP contribution in [0.4, 0.5) is 0 Å². The predicted octanol–water partition coefficient (Wildman–Crippen LogP) is 7.31. The van der Waals surface area contributed by atoms with Crippen molar-refractivity contribution in [2.75, 3.05) is 6.61 Å². The van der Waals surface area contributed by atoms with E-state index in [-0.39, 0.29) is 5.97 Å². The standard InChI is InChI=1S/C23H22Br2O2/c1-3-27-23(26)15-6-4-14(5-7-15)10-13(2)18-12-19(24)20-16-8-9-17(11-16)21(20)22(18)25/h4-7,10,12,16-17H,3,8-9,11H2,1-2H3/t16-,17+/m0/s1. The molecule has 0 aliphatic heterocycles. The largest absolute Gasteiger partial charge is 0.462 e. The Kier molecular flexibility index (Phi) is 5.30. The fraction of sp³-hybridized carbons (Fsp3) is 0.348. The van der Waals surface area contributed by atoms with Gasteiger partial charge in [-0.2, -0.15) is 0 Å². The number of rotatable bonds is 4. The second-order valence-electron chi connectivity index (χ2n) is 7.42. The highest BCUT2D eigenvalue weighted by atomic mass is 79.9. The lowest BCUT2D eigenvalue weighted by Crippen LogP contribution is -2.04. The minimum Gasteiger partial charge on any atom is -0.462 e. The molecule has 2 aromatic rings. The summed E-state index contributed by atoms with van der Waals surface area (Å²) in [6.07, 6.45) is 6.10.